The Kier molecular flexibility index (Phi) is 11.9. The van der Waals surface area contributed by atoms with Crippen LogP contribution in [-0.4, -0.2) is 45.7 Å². The van der Waals surface area contributed by atoms with Gasteiger partial charge in [-0.25, -0.2) is 4.98 Å². The van der Waals surface area contributed by atoms with Gasteiger partial charge in [0.15, 0.2) is 5.75 Å². The molecule has 2 N–H and O–H groups in total. The van der Waals surface area contributed by atoms with E-state index in [1.54, 1.807) is 6.92 Å². The number of fused-ring (bicyclic) bond motifs is 1. The maximum Gasteiger partial charge on any atom is 0.234 e. The lowest BCUT2D eigenvalue weighted by Gasteiger charge is -2.37. The minimum Gasteiger partial charge on any atom is -0.457 e. The second-order valence-electron chi connectivity index (χ2n) is 12.3. The number of hydrogen-bond donors (Lipinski definition) is 2. The van der Waals surface area contributed by atoms with E-state index in [-0.39, 0.29) is 11.9 Å². The summed E-state index contributed by atoms with van der Waals surface area (Å²) >= 11 is 7.87. The molecule has 0 bridgehead atoms. The van der Waals surface area contributed by atoms with E-state index in [1.165, 1.54) is 24.2 Å². The third-order valence-electron chi connectivity index (χ3n) is 8.47. The molecule has 10 heteroatoms. The number of thiophene rings is 1. The Morgan fingerprint density at radius 2 is 1.44 bits per heavy atom. The summed E-state index contributed by atoms with van der Waals surface area (Å²) in [7, 11) is 0. The van der Waals surface area contributed by atoms with Gasteiger partial charge in [0.2, 0.25) is 11.1 Å². The summed E-state index contributed by atoms with van der Waals surface area (Å²) < 4.78 is 26.4. The number of rotatable bonds is 17. The fourth-order valence-electron chi connectivity index (χ4n) is 6.01. The van der Waals surface area contributed by atoms with Gasteiger partial charge in [-0.3, -0.25) is 0 Å². The number of nitrogens with zero attached hydrogens (tertiary/aromatic N) is 2. The van der Waals surface area contributed by atoms with Crippen molar-refractivity contribution < 1.29 is 24.1 Å². The third-order valence-corrected chi connectivity index (χ3v) is 9.59. The lowest BCUT2D eigenvalue weighted by Crippen LogP contribution is -2.53. The first-order chi connectivity index (χ1) is 23.4. The van der Waals surface area contributed by atoms with Crippen LogP contribution in [0.3, 0.4) is 0 Å². The molecule has 0 spiro atoms. The Morgan fingerprint density at radius 3 is 2.06 bits per heavy atom. The zero-order valence-corrected chi connectivity index (χ0v) is 28.7. The van der Waals surface area contributed by atoms with E-state index in [1.807, 2.05) is 96.4 Å². The summed E-state index contributed by atoms with van der Waals surface area (Å²) in [6, 6.07) is 30.2. The minimum absolute atomic E-state index is 0.113. The van der Waals surface area contributed by atoms with Gasteiger partial charge in [0.1, 0.15) is 17.4 Å². The number of ether oxygens (including phenoxy) is 4. The summed E-state index contributed by atoms with van der Waals surface area (Å²) in [6.45, 7) is 3.03. The molecule has 1 aliphatic rings. The molecule has 48 heavy (non-hydrogen) atoms. The van der Waals surface area contributed by atoms with Crippen LogP contribution in [0, 0.1) is 0 Å². The number of nitrogens with one attached hydrogen (secondary N) is 1. The minimum atomic E-state index is -1.83. The lowest BCUT2D eigenvalue weighted by atomic mass is 10.0. The van der Waals surface area contributed by atoms with Crippen LogP contribution in [0.4, 0.5) is 5.82 Å². The highest BCUT2D eigenvalue weighted by molar-refractivity contribution is 7.18. The van der Waals surface area contributed by atoms with Gasteiger partial charge >= 0.3 is 0 Å². The monoisotopic (exact) mass is 687 g/mol. The maximum atomic E-state index is 12.2. The molecule has 1 aliphatic carbocycles. The standard InChI is InChI=1S/C38H42ClN3O5S/c1-38(43,47-32-26-48-34-33(32)41-37(39)42-36(34)40-30-19-11-12-20-30)35(46-25-29-17-9-4-10-18-29)31(45-24-28-15-7-3-8-16-28)21-22-44-23-27-13-5-2-6-14-27/h2-10,13-18,26,30-31,35,43H,11-12,19-25H2,1H3,(H,40,41,42)/t31-,35-,38-/m1/s1. The predicted octanol–water partition coefficient (Wildman–Crippen LogP) is 8.56. The highest BCUT2D eigenvalue weighted by Gasteiger charge is 2.42. The van der Waals surface area contributed by atoms with Crippen molar-refractivity contribution in [1.82, 2.24) is 9.97 Å². The Morgan fingerprint density at radius 1 is 0.854 bits per heavy atom. The van der Waals surface area contributed by atoms with Crippen molar-refractivity contribution in [3.8, 4) is 5.75 Å². The van der Waals surface area contributed by atoms with Crippen molar-refractivity contribution in [3.63, 3.8) is 0 Å². The van der Waals surface area contributed by atoms with Gasteiger partial charge < -0.3 is 29.4 Å². The number of aliphatic hydroxyl groups is 1. The molecule has 2 heterocycles. The van der Waals surface area contributed by atoms with E-state index in [4.69, 9.17) is 30.5 Å². The Balaban J connectivity index is 1.26. The quantitative estimate of drug-likeness (QED) is 0.0571. The Bertz CT molecular complexity index is 1700. The van der Waals surface area contributed by atoms with E-state index >= 15 is 0 Å². The molecule has 0 saturated heterocycles. The summed E-state index contributed by atoms with van der Waals surface area (Å²) in [5, 5.41) is 17.7. The third kappa shape index (κ3) is 9.31. The van der Waals surface area contributed by atoms with Crippen molar-refractivity contribution in [1.29, 1.82) is 0 Å². The normalized spacial score (nSPS) is 16.1. The van der Waals surface area contributed by atoms with E-state index in [0.29, 0.717) is 49.4 Å². The van der Waals surface area contributed by atoms with Crippen molar-refractivity contribution in [3.05, 3.63) is 118 Å². The first kappa shape index (κ1) is 34.3. The zero-order chi connectivity index (χ0) is 33.2. The van der Waals surface area contributed by atoms with Crippen LogP contribution in [0.25, 0.3) is 10.2 Å². The first-order valence-electron chi connectivity index (χ1n) is 16.5. The molecule has 5 aromatic rings. The average molecular weight is 688 g/mol. The zero-order valence-electron chi connectivity index (χ0n) is 27.1. The average Bonchev–Trinajstić information content (AvgIpc) is 3.76. The molecule has 252 valence electrons. The fourth-order valence-corrected chi connectivity index (χ4v) is 7.04. The highest BCUT2D eigenvalue weighted by atomic mass is 35.5. The molecule has 0 amide bonds. The molecule has 1 fully saturated rings. The fraction of sp³-hybridized carbons (Fsp3) is 0.368. The summed E-state index contributed by atoms with van der Waals surface area (Å²) in [4.78, 5) is 9.01. The van der Waals surface area contributed by atoms with Crippen LogP contribution < -0.4 is 10.1 Å². The van der Waals surface area contributed by atoms with E-state index in [9.17, 15) is 5.11 Å². The van der Waals surface area contributed by atoms with E-state index in [0.717, 1.165) is 34.2 Å². The second kappa shape index (κ2) is 16.7. The van der Waals surface area contributed by atoms with Crippen LogP contribution in [0.1, 0.15) is 55.7 Å². The SMILES string of the molecule is C[C@@](O)(Oc1csc2c(NC3CCCC3)nc(Cl)nc12)[C@H](OCc1ccccc1)[C@@H](CCOCc1ccccc1)OCc1ccccc1. The highest BCUT2D eigenvalue weighted by Crippen LogP contribution is 2.39. The molecule has 3 aromatic carbocycles. The Labute approximate surface area is 291 Å². The molecule has 1 saturated carbocycles. The predicted molar refractivity (Wildman–Crippen MR) is 190 cm³/mol. The van der Waals surface area contributed by atoms with E-state index < -0.39 is 18.0 Å². The first-order valence-corrected chi connectivity index (χ1v) is 17.8. The van der Waals surface area contributed by atoms with Crippen LogP contribution in [0.2, 0.25) is 5.28 Å². The van der Waals surface area contributed by atoms with E-state index in [2.05, 4.69) is 15.3 Å². The molecular formula is C38H42ClN3O5S. The van der Waals surface area contributed by atoms with Crippen LogP contribution in [0.15, 0.2) is 96.4 Å². The second-order valence-corrected chi connectivity index (χ2v) is 13.5. The van der Waals surface area contributed by atoms with Crippen molar-refractivity contribution in [2.45, 2.75) is 82.9 Å². The van der Waals surface area contributed by atoms with Gasteiger partial charge in [0, 0.05) is 25.0 Å². The number of aromatic nitrogens is 2. The lowest BCUT2D eigenvalue weighted by molar-refractivity contribution is -0.248. The topological polar surface area (TPSA) is 95.0 Å². The Hall–Kier alpha value is -3.57. The van der Waals surface area contributed by atoms with Gasteiger partial charge in [-0.2, -0.15) is 4.98 Å². The van der Waals surface area contributed by atoms with Crippen LogP contribution >= 0.6 is 22.9 Å². The maximum absolute atomic E-state index is 12.2. The molecule has 6 rings (SSSR count). The van der Waals surface area contributed by atoms with Crippen molar-refractivity contribution >= 4 is 39.0 Å². The van der Waals surface area contributed by atoms with Gasteiger partial charge in [-0.1, -0.05) is 104 Å². The van der Waals surface area contributed by atoms with Crippen LogP contribution in [-0.2, 0) is 34.0 Å². The molecular weight excluding hydrogens is 646 g/mol. The van der Waals surface area contributed by atoms with Crippen LogP contribution in [0.5, 0.6) is 5.75 Å². The van der Waals surface area contributed by atoms with Gasteiger partial charge in [0.25, 0.3) is 0 Å². The molecule has 8 nitrogen and oxygen atoms in total. The molecule has 0 unspecified atom stereocenters. The number of hydrogen-bond acceptors (Lipinski definition) is 9. The van der Waals surface area contributed by atoms with Gasteiger partial charge in [-0.05, 0) is 47.6 Å². The van der Waals surface area contributed by atoms with Gasteiger partial charge in [-0.15, -0.1) is 11.3 Å². The number of halogens is 1. The number of benzene rings is 3. The van der Waals surface area contributed by atoms with Crippen molar-refractivity contribution in [2.75, 3.05) is 11.9 Å². The van der Waals surface area contributed by atoms with Gasteiger partial charge in [0.05, 0.1) is 30.6 Å². The molecule has 2 aromatic heterocycles. The smallest absolute Gasteiger partial charge is 0.234 e. The van der Waals surface area contributed by atoms with Crippen molar-refractivity contribution in [2.24, 2.45) is 0 Å². The largest absolute Gasteiger partial charge is 0.457 e. The molecule has 0 radical (unpaired) electrons. The summed E-state index contributed by atoms with van der Waals surface area (Å²) in [5.41, 5.74) is 3.59. The number of anilines is 1. The molecule has 0 aliphatic heterocycles. The molecule has 3 atom stereocenters. The summed E-state index contributed by atoms with van der Waals surface area (Å²) in [6.07, 6.45) is 3.51. The summed E-state index contributed by atoms with van der Waals surface area (Å²) in [5.74, 6) is -0.748.